The van der Waals surface area contributed by atoms with Crippen molar-refractivity contribution in [2.45, 2.75) is 64.8 Å². The first-order valence-electron chi connectivity index (χ1n) is 11.1. The van der Waals surface area contributed by atoms with Gasteiger partial charge in [0.15, 0.2) is 0 Å². The lowest BCUT2D eigenvalue weighted by Crippen LogP contribution is -2.30. The summed E-state index contributed by atoms with van der Waals surface area (Å²) < 4.78 is 54.7. The quantitative estimate of drug-likeness (QED) is 0.566. The Morgan fingerprint density at radius 3 is 2.24 bits per heavy atom. The molecule has 8 heteroatoms. The minimum atomic E-state index is -3.38. The number of anilines is 1. The predicted molar refractivity (Wildman–Crippen MR) is 127 cm³/mol. The highest BCUT2D eigenvalue weighted by Crippen LogP contribution is 2.49. The molecule has 0 unspecified atom stereocenters. The second-order valence-electron chi connectivity index (χ2n) is 9.98. The average Bonchev–Trinajstić information content (AvgIpc) is 3.46. The van der Waals surface area contributed by atoms with Gasteiger partial charge in [-0.15, -0.1) is 0 Å². The number of hydrogen-bond acceptors (Lipinski definition) is 3. The Morgan fingerprint density at radius 2 is 1.76 bits per heavy atom. The van der Waals surface area contributed by atoms with E-state index in [1.165, 1.54) is 12.1 Å². The second kappa shape index (κ2) is 9.05. The minimum absolute atomic E-state index is 0.0585. The van der Waals surface area contributed by atoms with E-state index in [-0.39, 0.29) is 29.3 Å². The molecule has 0 saturated heterocycles. The summed E-state index contributed by atoms with van der Waals surface area (Å²) in [7, 11) is -3.38. The number of sulfonamides is 1. The van der Waals surface area contributed by atoms with Crippen LogP contribution in [0.1, 0.15) is 74.8 Å². The molecule has 1 aliphatic carbocycles. The molecule has 1 saturated carbocycles. The molecule has 0 bridgehead atoms. The third kappa shape index (κ3) is 5.91. The smallest absolute Gasteiger partial charge is 0.229 e. The van der Waals surface area contributed by atoms with E-state index in [4.69, 9.17) is 0 Å². The van der Waals surface area contributed by atoms with Crippen molar-refractivity contribution in [2.75, 3.05) is 11.0 Å². The van der Waals surface area contributed by atoms with Gasteiger partial charge in [-0.05, 0) is 66.0 Å². The van der Waals surface area contributed by atoms with Crippen LogP contribution in [0.3, 0.4) is 0 Å². The molecule has 0 spiro atoms. The summed E-state index contributed by atoms with van der Waals surface area (Å²) in [5.74, 6) is -1.83. The Hall–Kier alpha value is -2.48. The van der Waals surface area contributed by atoms with Crippen LogP contribution in [0.25, 0.3) is 0 Å². The van der Waals surface area contributed by atoms with Crippen molar-refractivity contribution in [3.05, 3.63) is 64.2 Å². The van der Waals surface area contributed by atoms with Crippen molar-refractivity contribution < 1.29 is 22.0 Å². The standard InChI is InChI=1S/C25H32F2N2O3S/c1-7-21(15-8-9-22(14(2)10-15)29-33(6,31)32)28-24(30)18-13-17(18)16-11-19(26)23(20(27)12-16)25(3,4)5/h8-12,17-18,21,29H,7,13H2,1-6H3,(H,28,30)/t17-,18+,21-/m1/s1. The van der Waals surface area contributed by atoms with Gasteiger partial charge in [-0.3, -0.25) is 9.52 Å². The van der Waals surface area contributed by atoms with E-state index in [9.17, 15) is 22.0 Å². The predicted octanol–water partition coefficient (Wildman–Crippen LogP) is 5.31. The largest absolute Gasteiger partial charge is 0.349 e. The van der Waals surface area contributed by atoms with Gasteiger partial charge in [0.2, 0.25) is 15.9 Å². The van der Waals surface area contributed by atoms with Crippen LogP contribution < -0.4 is 10.0 Å². The number of amides is 1. The molecule has 3 atom stereocenters. The van der Waals surface area contributed by atoms with E-state index in [1.807, 2.05) is 13.0 Å². The van der Waals surface area contributed by atoms with Crippen molar-refractivity contribution in [2.24, 2.45) is 5.92 Å². The molecule has 33 heavy (non-hydrogen) atoms. The van der Waals surface area contributed by atoms with E-state index < -0.39 is 27.1 Å². The maximum atomic E-state index is 14.6. The maximum absolute atomic E-state index is 14.6. The number of benzene rings is 2. The molecule has 2 aromatic carbocycles. The van der Waals surface area contributed by atoms with Gasteiger partial charge in [-0.2, -0.15) is 0 Å². The maximum Gasteiger partial charge on any atom is 0.229 e. The van der Waals surface area contributed by atoms with Crippen molar-refractivity contribution in [1.29, 1.82) is 0 Å². The van der Waals surface area contributed by atoms with E-state index in [0.29, 0.717) is 24.1 Å². The molecule has 180 valence electrons. The Bertz CT molecular complexity index is 1150. The van der Waals surface area contributed by atoms with Gasteiger partial charge in [0.1, 0.15) is 11.6 Å². The summed E-state index contributed by atoms with van der Waals surface area (Å²) in [6.45, 7) is 9.03. The highest BCUT2D eigenvalue weighted by molar-refractivity contribution is 7.92. The summed E-state index contributed by atoms with van der Waals surface area (Å²) in [4.78, 5) is 12.9. The number of hydrogen-bond donors (Lipinski definition) is 2. The summed E-state index contributed by atoms with van der Waals surface area (Å²) in [5.41, 5.74) is 2.03. The molecule has 0 aromatic heterocycles. The van der Waals surface area contributed by atoms with Gasteiger partial charge in [0.05, 0.1) is 18.0 Å². The third-order valence-corrected chi connectivity index (χ3v) is 6.63. The summed E-state index contributed by atoms with van der Waals surface area (Å²) in [6, 6.07) is 7.79. The number of aryl methyl sites for hydroxylation is 1. The molecule has 1 amide bonds. The number of nitrogens with one attached hydrogen (secondary N) is 2. The van der Waals surface area contributed by atoms with Gasteiger partial charge in [0.25, 0.3) is 0 Å². The van der Waals surface area contributed by atoms with Crippen LogP contribution >= 0.6 is 0 Å². The molecule has 0 heterocycles. The fourth-order valence-electron chi connectivity index (χ4n) is 4.29. The first-order valence-corrected chi connectivity index (χ1v) is 13.0. The Kier molecular flexibility index (Phi) is 6.89. The van der Waals surface area contributed by atoms with Gasteiger partial charge < -0.3 is 5.32 Å². The van der Waals surface area contributed by atoms with Crippen LogP contribution in [0.5, 0.6) is 0 Å². The van der Waals surface area contributed by atoms with Crippen LogP contribution in [0, 0.1) is 24.5 Å². The molecular formula is C25H32F2N2O3S. The summed E-state index contributed by atoms with van der Waals surface area (Å²) in [5, 5.41) is 3.04. The summed E-state index contributed by atoms with van der Waals surface area (Å²) in [6.07, 6.45) is 2.28. The number of halogens is 2. The second-order valence-corrected chi connectivity index (χ2v) is 11.7. The zero-order valence-electron chi connectivity index (χ0n) is 19.9. The molecule has 3 rings (SSSR count). The van der Waals surface area contributed by atoms with E-state index >= 15 is 0 Å². The van der Waals surface area contributed by atoms with E-state index in [1.54, 1.807) is 39.8 Å². The molecule has 2 aromatic rings. The van der Waals surface area contributed by atoms with Crippen molar-refractivity contribution in [3.8, 4) is 0 Å². The van der Waals surface area contributed by atoms with Crippen molar-refractivity contribution >= 4 is 21.6 Å². The molecule has 0 aliphatic heterocycles. The van der Waals surface area contributed by atoms with Gasteiger partial charge in [0, 0.05) is 11.5 Å². The monoisotopic (exact) mass is 478 g/mol. The first-order chi connectivity index (χ1) is 15.2. The number of carbonyl (C=O) groups excluding carboxylic acids is 1. The molecule has 5 nitrogen and oxygen atoms in total. The lowest BCUT2D eigenvalue weighted by Gasteiger charge is -2.21. The average molecular weight is 479 g/mol. The number of rotatable bonds is 7. The van der Waals surface area contributed by atoms with Gasteiger partial charge in [-0.25, -0.2) is 17.2 Å². The molecule has 0 radical (unpaired) electrons. The van der Waals surface area contributed by atoms with Crippen molar-refractivity contribution in [3.63, 3.8) is 0 Å². The first kappa shape index (κ1) is 25.1. The lowest BCUT2D eigenvalue weighted by atomic mass is 9.85. The summed E-state index contributed by atoms with van der Waals surface area (Å²) >= 11 is 0. The highest BCUT2D eigenvalue weighted by atomic mass is 32.2. The third-order valence-electron chi connectivity index (χ3n) is 6.04. The van der Waals surface area contributed by atoms with Crippen LogP contribution in [-0.4, -0.2) is 20.6 Å². The zero-order chi connectivity index (χ0) is 24.7. The number of carbonyl (C=O) groups is 1. The minimum Gasteiger partial charge on any atom is -0.349 e. The van der Waals surface area contributed by atoms with Crippen LogP contribution in [0.4, 0.5) is 14.5 Å². The molecule has 1 fully saturated rings. The lowest BCUT2D eigenvalue weighted by molar-refractivity contribution is -0.123. The van der Waals surface area contributed by atoms with Gasteiger partial charge >= 0.3 is 0 Å². The Balaban J connectivity index is 1.71. The topological polar surface area (TPSA) is 75.3 Å². The molecule has 1 aliphatic rings. The fraction of sp³-hybridized carbons (Fsp3) is 0.480. The van der Waals surface area contributed by atoms with Crippen LogP contribution in [-0.2, 0) is 20.2 Å². The van der Waals surface area contributed by atoms with Gasteiger partial charge in [-0.1, -0.05) is 39.8 Å². The zero-order valence-corrected chi connectivity index (χ0v) is 20.7. The SMILES string of the molecule is CC[C@@H](NC(=O)[C@H]1C[C@@H]1c1cc(F)c(C(C)(C)C)c(F)c1)c1ccc(NS(C)(=O)=O)c(C)c1. The highest BCUT2D eigenvalue weighted by Gasteiger charge is 2.45. The van der Waals surface area contributed by atoms with Crippen molar-refractivity contribution in [1.82, 2.24) is 5.32 Å². The Labute approximate surface area is 195 Å². The van der Waals surface area contributed by atoms with Crippen LogP contribution in [0.2, 0.25) is 0 Å². The fourth-order valence-corrected chi connectivity index (χ4v) is 4.92. The van der Waals surface area contributed by atoms with E-state index in [2.05, 4.69) is 10.0 Å². The molecular weight excluding hydrogens is 446 g/mol. The molecule has 2 N–H and O–H groups in total. The van der Waals surface area contributed by atoms with Crippen LogP contribution in [0.15, 0.2) is 30.3 Å². The van der Waals surface area contributed by atoms with E-state index in [0.717, 1.165) is 17.4 Å². The Morgan fingerprint density at radius 1 is 1.15 bits per heavy atom. The normalized spacial score (nSPS) is 19.2.